The maximum atomic E-state index is 12.3. The van der Waals surface area contributed by atoms with E-state index >= 15 is 0 Å². The Bertz CT molecular complexity index is 428. The molecule has 0 radical (unpaired) electrons. The van der Waals surface area contributed by atoms with Crippen molar-refractivity contribution in [2.45, 2.75) is 25.3 Å². The number of ether oxygens (including phenoxy) is 1. The Morgan fingerprint density at radius 2 is 2.17 bits per heavy atom. The lowest BCUT2D eigenvalue weighted by atomic mass is 9.92. The summed E-state index contributed by atoms with van der Waals surface area (Å²) < 4.78 is 5.32. The summed E-state index contributed by atoms with van der Waals surface area (Å²) in [5, 5.41) is 6.08. The van der Waals surface area contributed by atoms with Gasteiger partial charge in [-0.3, -0.25) is 9.78 Å². The molecular weight excluding hydrogens is 230 g/mol. The Balaban J connectivity index is 2.11. The molecule has 98 valence electrons. The molecule has 0 unspecified atom stereocenters. The van der Waals surface area contributed by atoms with Crippen LogP contribution < -0.4 is 10.6 Å². The first-order valence-corrected chi connectivity index (χ1v) is 6.17. The number of rotatable bonds is 3. The largest absolute Gasteiger partial charge is 0.386 e. The van der Waals surface area contributed by atoms with Crippen LogP contribution in [-0.2, 0) is 4.74 Å². The van der Waals surface area contributed by atoms with Crippen LogP contribution in [0.4, 0.5) is 5.69 Å². The van der Waals surface area contributed by atoms with Crippen LogP contribution in [0.1, 0.15) is 30.1 Å². The Morgan fingerprint density at radius 3 is 2.83 bits per heavy atom. The standard InChI is InChI=1S/C13H19N3O2/c1-13(4-7-18-8-5-13)16-12(17)10-3-6-15-9-11(10)14-2/h3,6,9,14H,4-5,7-8H2,1-2H3,(H,16,17). The monoisotopic (exact) mass is 249 g/mol. The van der Waals surface area contributed by atoms with Crippen molar-refractivity contribution in [3.8, 4) is 0 Å². The molecule has 0 aliphatic carbocycles. The lowest BCUT2D eigenvalue weighted by molar-refractivity contribution is 0.0423. The highest BCUT2D eigenvalue weighted by molar-refractivity contribution is 5.99. The second-order valence-electron chi connectivity index (χ2n) is 4.80. The third kappa shape index (κ3) is 2.79. The summed E-state index contributed by atoms with van der Waals surface area (Å²) in [6.07, 6.45) is 4.97. The van der Waals surface area contributed by atoms with Gasteiger partial charge in [-0.25, -0.2) is 0 Å². The fourth-order valence-corrected chi connectivity index (χ4v) is 2.08. The van der Waals surface area contributed by atoms with Gasteiger partial charge in [0.1, 0.15) is 0 Å². The highest BCUT2D eigenvalue weighted by atomic mass is 16.5. The number of amides is 1. The van der Waals surface area contributed by atoms with Crippen LogP contribution in [0, 0.1) is 0 Å². The van der Waals surface area contributed by atoms with E-state index in [0.717, 1.165) is 18.5 Å². The molecule has 2 N–H and O–H groups in total. The maximum absolute atomic E-state index is 12.3. The highest BCUT2D eigenvalue weighted by Gasteiger charge is 2.29. The van der Waals surface area contributed by atoms with Crippen molar-refractivity contribution < 1.29 is 9.53 Å². The van der Waals surface area contributed by atoms with Crippen LogP contribution in [0.5, 0.6) is 0 Å². The Morgan fingerprint density at radius 1 is 1.44 bits per heavy atom. The molecule has 1 aliphatic heterocycles. The third-order valence-electron chi connectivity index (χ3n) is 3.35. The zero-order valence-corrected chi connectivity index (χ0v) is 10.8. The SMILES string of the molecule is CNc1cnccc1C(=O)NC1(C)CCOCC1. The first-order valence-electron chi connectivity index (χ1n) is 6.17. The zero-order chi connectivity index (χ0) is 13.0. The summed E-state index contributed by atoms with van der Waals surface area (Å²) in [6.45, 7) is 3.46. The minimum Gasteiger partial charge on any atom is -0.386 e. The summed E-state index contributed by atoms with van der Waals surface area (Å²) in [5.74, 6) is -0.0637. The van der Waals surface area contributed by atoms with E-state index in [1.165, 1.54) is 0 Å². The first-order chi connectivity index (χ1) is 8.64. The summed E-state index contributed by atoms with van der Waals surface area (Å²) in [4.78, 5) is 16.3. The lowest BCUT2D eigenvalue weighted by Gasteiger charge is -2.34. The zero-order valence-electron chi connectivity index (χ0n) is 10.8. The van der Waals surface area contributed by atoms with Crippen LogP contribution in [-0.4, -0.2) is 36.7 Å². The molecule has 1 aliphatic rings. The van der Waals surface area contributed by atoms with Gasteiger partial charge in [-0.1, -0.05) is 0 Å². The average Bonchev–Trinajstić information content (AvgIpc) is 2.39. The third-order valence-corrected chi connectivity index (χ3v) is 3.35. The van der Waals surface area contributed by atoms with E-state index < -0.39 is 0 Å². The molecule has 5 heteroatoms. The van der Waals surface area contributed by atoms with Crippen molar-refractivity contribution in [1.82, 2.24) is 10.3 Å². The number of hydrogen-bond donors (Lipinski definition) is 2. The van der Waals surface area contributed by atoms with Crippen LogP contribution in [0.3, 0.4) is 0 Å². The van der Waals surface area contributed by atoms with Gasteiger partial charge in [-0.05, 0) is 25.8 Å². The minimum atomic E-state index is -0.177. The Kier molecular flexibility index (Phi) is 3.81. The minimum absolute atomic E-state index is 0.0637. The molecule has 0 aromatic carbocycles. The molecule has 1 aromatic heterocycles. The molecule has 0 spiro atoms. The predicted octanol–water partition coefficient (Wildman–Crippen LogP) is 1.42. The van der Waals surface area contributed by atoms with E-state index in [4.69, 9.17) is 4.74 Å². The molecule has 5 nitrogen and oxygen atoms in total. The number of pyridine rings is 1. The van der Waals surface area contributed by atoms with E-state index in [1.807, 2.05) is 0 Å². The van der Waals surface area contributed by atoms with Crippen molar-refractivity contribution in [3.05, 3.63) is 24.0 Å². The molecule has 1 aromatic rings. The molecule has 0 atom stereocenters. The van der Waals surface area contributed by atoms with Crippen molar-refractivity contribution in [2.24, 2.45) is 0 Å². The fraction of sp³-hybridized carbons (Fsp3) is 0.538. The van der Waals surface area contributed by atoms with E-state index in [-0.39, 0.29) is 11.4 Å². The van der Waals surface area contributed by atoms with E-state index in [9.17, 15) is 4.79 Å². The van der Waals surface area contributed by atoms with E-state index in [1.54, 1.807) is 25.5 Å². The topological polar surface area (TPSA) is 63.2 Å². The number of nitrogens with one attached hydrogen (secondary N) is 2. The van der Waals surface area contributed by atoms with Gasteiger partial charge in [0.2, 0.25) is 0 Å². The predicted molar refractivity (Wildman–Crippen MR) is 69.7 cm³/mol. The van der Waals surface area contributed by atoms with Crippen LogP contribution in [0.25, 0.3) is 0 Å². The highest BCUT2D eigenvalue weighted by Crippen LogP contribution is 2.21. The molecular formula is C13H19N3O2. The lowest BCUT2D eigenvalue weighted by Crippen LogP contribution is -2.49. The smallest absolute Gasteiger partial charge is 0.253 e. The van der Waals surface area contributed by atoms with Crippen molar-refractivity contribution >= 4 is 11.6 Å². The van der Waals surface area contributed by atoms with Gasteiger partial charge in [-0.2, -0.15) is 0 Å². The average molecular weight is 249 g/mol. The number of anilines is 1. The van der Waals surface area contributed by atoms with Crippen molar-refractivity contribution in [3.63, 3.8) is 0 Å². The van der Waals surface area contributed by atoms with Crippen molar-refractivity contribution in [1.29, 1.82) is 0 Å². The van der Waals surface area contributed by atoms with Gasteiger partial charge in [0.25, 0.3) is 5.91 Å². The summed E-state index contributed by atoms with van der Waals surface area (Å²) in [7, 11) is 1.78. The number of hydrogen-bond acceptors (Lipinski definition) is 4. The van der Waals surface area contributed by atoms with Crippen LogP contribution in [0.15, 0.2) is 18.5 Å². The summed E-state index contributed by atoms with van der Waals surface area (Å²) in [5.41, 5.74) is 1.19. The maximum Gasteiger partial charge on any atom is 0.253 e. The molecule has 2 heterocycles. The Labute approximate surface area is 107 Å². The van der Waals surface area contributed by atoms with Gasteiger partial charge < -0.3 is 15.4 Å². The number of nitrogens with zero attached hydrogens (tertiary/aromatic N) is 1. The van der Waals surface area contributed by atoms with Gasteiger partial charge in [-0.15, -0.1) is 0 Å². The normalized spacial score (nSPS) is 18.1. The van der Waals surface area contributed by atoms with Crippen molar-refractivity contribution in [2.75, 3.05) is 25.6 Å². The molecule has 1 fully saturated rings. The molecule has 1 saturated heterocycles. The van der Waals surface area contributed by atoms with Gasteiger partial charge in [0, 0.05) is 32.0 Å². The van der Waals surface area contributed by atoms with Gasteiger partial charge in [0.15, 0.2) is 0 Å². The molecule has 0 saturated carbocycles. The van der Waals surface area contributed by atoms with E-state index in [2.05, 4.69) is 22.5 Å². The fourth-order valence-electron chi connectivity index (χ4n) is 2.08. The van der Waals surface area contributed by atoms with E-state index in [0.29, 0.717) is 18.8 Å². The van der Waals surface area contributed by atoms with Gasteiger partial charge in [0.05, 0.1) is 17.4 Å². The molecule has 2 rings (SSSR count). The second-order valence-corrected chi connectivity index (χ2v) is 4.80. The second kappa shape index (κ2) is 5.35. The number of carbonyl (C=O) groups excluding carboxylic acids is 1. The quantitative estimate of drug-likeness (QED) is 0.850. The first kappa shape index (κ1) is 12.8. The number of aromatic nitrogens is 1. The van der Waals surface area contributed by atoms with Crippen LogP contribution >= 0.6 is 0 Å². The summed E-state index contributed by atoms with van der Waals surface area (Å²) in [6, 6.07) is 1.73. The van der Waals surface area contributed by atoms with Gasteiger partial charge >= 0.3 is 0 Å². The molecule has 0 bridgehead atoms. The number of carbonyl (C=O) groups is 1. The molecule has 18 heavy (non-hydrogen) atoms. The molecule has 1 amide bonds. The van der Waals surface area contributed by atoms with Crippen LogP contribution in [0.2, 0.25) is 0 Å². The Hall–Kier alpha value is -1.62. The summed E-state index contributed by atoms with van der Waals surface area (Å²) >= 11 is 0.